The second-order valence-electron chi connectivity index (χ2n) is 8.71. The molecule has 1 saturated carbocycles. The molecule has 0 aromatic carbocycles. The van der Waals surface area contributed by atoms with Crippen LogP contribution in [0.4, 0.5) is 5.82 Å². The van der Waals surface area contributed by atoms with Crippen LogP contribution in [0.1, 0.15) is 55.0 Å². The molecule has 0 saturated heterocycles. The number of aliphatic carboxylic acids is 1. The van der Waals surface area contributed by atoms with E-state index in [1.54, 1.807) is 18.3 Å². The zero-order valence-corrected chi connectivity index (χ0v) is 18.3. The number of carboxylic acids is 1. The predicted molar refractivity (Wildman–Crippen MR) is 120 cm³/mol. The highest BCUT2D eigenvalue weighted by Crippen LogP contribution is 2.37. The average Bonchev–Trinajstić information content (AvgIpc) is 2.77. The fourth-order valence-electron chi connectivity index (χ4n) is 4.48. The molecule has 3 heterocycles. The van der Waals surface area contributed by atoms with E-state index in [2.05, 4.69) is 27.8 Å². The van der Waals surface area contributed by atoms with E-state index in [0.29, 0.717) is 17.4 Å². The number of carbonyl (C=O) groups is 2. The molecule has 2 aliphatic rings. The Labute approximate surface area is 187 Å². The van der Waals surface area contributed by atoms with Crippen LogP contribution in [0.2, 0.25) is 0 Å². The molecule has 1 aliphatic carbocycles. The standard InChI is InChI=1S/C24H30N4O4/c1-32-21-9-6-17(14-26-21)20(13-22(29)30)28-24(31)18-11-15(12-18)4-7-19-8-5-16-3-2-10-25-23(16)27-19/h5-6,8-9,14-15,18,20H,2-4,7,10-13H2,1H3,(H,25,27)(H,28,31)(H,29,30)/t15-,18+,20-/m0/s1. The van der Waals surface area contributed by atoms with Crippen molar-refractivity contribution in [2.75, 3.05) is 19.0 Å². The quantitative estimate of drug-likeness (QED) is 0.551. The maximum Gasteiger partial charge on any atom is 0.305 e. The summed E-state index contributed by atoms with van der Waals surface area (Å²) in [6, 6.07) is 7.10. The molecule has 1 fully saturated rings. The van der Waals surface area contributed by atoms with E-state index in [0.717, 1.165) is 56.6 Å². The number of ether oxygens (including phenoxy) is 1. The molecule has 0 spiro atoms. The van der Waals surface area contributed by atoms with Gasteiger partial charge in [-0.05, 0) is 61.6 Å². The number of pyridine rings is 2. The Morgan fingerprint density at radius 3 is 2.84 bits per heavy atom. The van der Waals surface area contributed by atoms with Crippen molar-refractivity contribution in [3.8, 4) is 5.88 Å². The molecule has 170 valence electrons. The number of carbonyl (C=O) groups excluding carboxylic acids is 1. The van der Waals surface area contributed by atoms with E-state index >= 15 is 0 Å². The van der Waals surface area contributed by atoms with Crippen LogP contribution in [-0.4, -0.2) is 40.6 Å². The van der Waals surface area contributed by atoms with Gasteiger partial charge in [-0.2, -0.15) is 0 Å². The van der Waals surface area contributed by atoms with Crippen LogP contribution < -0.4 is 15.4 Å². The Morgan fingerprint density at radius 2 is 2.12 bits per heavy atom. The summed E-state index contributed by atoms with van der Waals surface area (Å²) in [5.41, 5.74) is 3.05. The normalized spacial score (nSPS) is 20.3. The Kier molecular flexibility index (Phi) is 6.87. The first-order valence-corrected chi connectivity index (χ1v) is 11.3. The van der Waals surface area contributed by atoms with Crippen molar-refractivity contribution in [1.29, 1.82) is 0 Å². The van der Waals surface area contributed by atoms with Crippen LogP contribution in [0.25, 0.3) is 0 Å². The highest BCUT2D eigenvalue weighted by Gasteiger charge is 2.35. The van der Waals surface area contributed by atoms with Crippen LogP contribution in [0.15, 0.2) is 30.5 Å². The topological polar surface area (TPSA) is 113 Å². The van der Waals surface area contributed by atoms with Crippen molar-refractivity contribution >= 4 is 17.7 Å². The Morgan fingerprint density at radius 1 is 1.28 bits per heavy atom. The number of hydrogen-bond acceptors (Lipinski definition) is 6. The number of hydrogen-bond donors (Lipinski definition) is 3. The van der Waals surface area contributed by atoms with Gasteiger partial charge in [-0.1, -0.05) is 12.1 Å². The molecule has 0 radical (unpaired) electrons. The van der Waals surface area contributed by atoms with Gasteiger partial charge < -0.3 is 20.5 Å². The maximum atomic E-state index is 12.7. The molecule has 32 heavy (non-hydrogen) atoms. The number of nitrogens with one attached hydrogen (secondary N) is 2. The number of carboxylic acid groups (broad SMARTS) is 1. The number of aromatic nitrogens is 2. The Balaban J connectivity index is 1.26. The highest BCUT2D eigenvalue weighted by atomic mass is 16.5. The number of methoxy groups -OCH3 is 1. The van der Waals surface area contributed by atoms with Gasteiger partial charge in [-0.15, -0.1) is 0 Å². The third-order valence-corrected chi connectivity index (χ3v) is 6.43. The van der Waals surface area contributed by atoms with Gasteiger partial charge in [0, 0.05) is 30.4 Å². The van der Waals surface area contributed by atoms with E-state index in [-0.39, 0.29) is 18.2 Å². The minimum atomic E-state index is -0.968. The number of anilines is 1. The van der Waals surface area contributed by atoms with Crippen LogP contribution in [-0.2, 0) is 22.4 Å². The summed E-state index contributed by atoms with van der Waals surface area (Å²) in [6.45, 7) is 0.984. The molecule has 0 unspecified atom stereocenters. The fourth-order valence-corrected chi connectivity index (χ4v) is 4.48. The van der Waals surface area contributed by atoms with Crippen molar-refractivity contribution in [1.82, 2.24) is 15.3 Å². The molecule has 4 rings (SSSR count). The molecule has 1 atom stereocenters. The van der Waals surface area contributed by atoms with Crippen LogP contribution in [0, 0.1) is 11.8 Å². The minimum Gasteiger partial charge on any atom is -0.481 e. The maximum absolute atomic E-state index is 12.7. The summed E-state index contributed by atoms with van der Waals surface area (Å²) in [6.07, 6.45) is 7.19. The van der Waals surface area contributed by atoms with E-state index < -0.39 is 12.0 Å². The van der Waals surface area contributed by atoms with Gasteiger partial charge in [0.1, 0.15) is 5.82 Å². The highest BCUT2D eigenvalue weighted by molar-refractivity contribution is 5.80. The molecule has 2 aromatic rings. The van der Waals surface area contributed by atoms with E-state index in [9.17, 15) is 14.7 Å². The minimum absolute atomic E-state index is 0.0688. The molecule has 0 bridgehead atoms. The van der Waals surface area contributed by atoms with Crippen LogP contribution in [0.3, 0.4) is 0 Å². The summed E-state index contributed by atoms with van der Waals surface area (Å²) in [4.78, 5) is 32.9. The SMILES string of the molecule is COc1ccc([C@H](CC(=O)O)NC(=O)[C@H]2C[C@@H](CCc3ccc4c(n3)NCCC4)C2)cn1. The van der Waals surface area contributed by atoms with Crippen LogP contribution in [0.5, 0.6) is 5.88 Å². The third-order valence-electron chi connectivity index (χ3n) is 6.43. The lowest BCUT2D eigenvalue weighted by Gasteiger charge is -2.35. The number of fused-ring (bicyclic) bond motifs is 1. The van der Waals surface area contributed by atoms with Gasteiger partial charge in [0.05, 0.1) is 19.6 Å². The van der Waals surface area contributed by atoms with Gasteiger partial charge in [0.2, 0.25) is 11.8 Å². The Hall–Kier alpha value is -3.16. The number of nitrogens with zero attached hydrogens (tertiary/aromatic N) is 2. The summed E-state index contributed by atoms with van der Waals surface area (Å²) < 4.78 is 5.05. The molecule has 2 aromatic heterocycles. The lowest BCUT2D eigenvalue weighted by Crippen LogP contribution is -2.41. The molecule has 8 heteroatoms. The van der Waals surface area contributed by atoms with Crippen LogP contribution >= 0.6 is 0 Å². The summed E-state index contributed by atoms with van der Waals surface area (Å²) in [5.74, 6) is 0.846. The van der Waals surface area contributed by atoms with Crippen molar-refractivity contribution in [3.63, 3.8) is 0 Å². The lowest BCUT2D eigenvalue weighted by atomic mass is 9.72. The molecule has 1 amide bonds. The smallest absolute Gasteiger partial charge is 0.305 e. The van der Waals surface area contributed by atoms with Gasteiger partial charge in [-0.25, -0.2) is 9.97 Å². The van der Waals surface area contributed by atoms with Gasteiger partial charge in [0.15, 0.2) is 0 Å². The molecule has 3 N–H and O–H groups in total. The van der Waals surface area contributed by atoms with Crippen molar-refractivity contribution in [2.24, 2.45) is 11.8 Å². The second kappa shape index (κ2) is 9.97. The first kappa shape index (κ1) is 22.0. The largest absolute Gasteiger partial charge is 0.481 e. The van der Waals surface area contributed by atoms with Gasteiger partial charge >= 0.3 is 5.97 Å². The summed E-state index contributed by atoms with van der Waals surface area (Å²) in [7, 11) is 1.52. The summed E-state index contributed by atoms with van der Waals surface area (Å²) in [5, 5.41) is 15.5. The molecular weight excluding hydrogens is 408 g/mol. The lowest BCUT2D eigenvalue weighted by molar-refractivity contribution is -0.138. The monoisotopic (exact) mass is 438 g/mol. The van der Waals surface area contributed by atoms with Gasteiger partial charge in [-0.3, -0.25) is 9.59 Å². The number of rotatable bonds is 9. The fraction of sp³-hybridized carbons (Fsp3) is 0.500. The molecule has 8 nitrogen and oxygen atoms in total. The predicted octanol–water partition coefficient (Wildman–Crippen LogP) is 3.13. The molecular formula is C24H30N4O4. The van der Waals surface area contributed by atoms with E-state index in [1.165, 1.54) is 12.7 Å². The third kappa shape index (κ3) is 5.36. The second-order valence-corrected chi connectivity index (χ2v) is 8.71. The first-order chi connectivity index (χ1) is 15.5. The van der Waals surface area contributed by atoms with E-state index in [4.69, 9.17) is 9.72 Å². The Bertz CT molecular complexity index is 957. The van der Waals surface area contributed by atoms with Crippen molar-refractivity contribution in [2.45, 2.75) is 51.0 Å². The zero-order chi connectivity index (χ0) is 22.5. The van der Waals surface area contributed by atoms with Gasteiger partial charge in [0.25, 0.3) is 0 Å². The summed E-state index contributed by atoms with van der Waals surface area (Å²) >= 11 is 0. The number of amides is 1. The first-order valence-electron chi connectivity index (χ1n) is 11.3. The zero-order valence-electron chi connectivity index (χ0n) is 18.3. The van der Waals surface area contributed by atoms with Crippen molar-refractivity contribution < 1.29 is 19.4 Å². The average molecular weight is 439 g/mol. The molecule has 1 aliphatic heterocycles. The number of aryl methyl sites for hydroxylation is 2. The van der Waals surface area contributed by atoms with E-state index in [1.807, 2.05) is 0 Å². The van der Waals surface area contributed by atoms with Crippen molar-refractivity contribution in [3.05, 3.63) is 47.3 Å².